The number of carbonyl (C=O) groups is 1. The van der Waals surface area contributed by atoms with Gasteiger partial charge in [-0.25, -0.2) is 4.98 Å². The molecule has 28 heavy (non-hydrogen) atoms. The zero-order valence-electron chi connectivity index (χ0n) is 16.0. The molecule has 146 valence electrons. The van der Waals surface area contributed by atoms with Gasteiger partial charge < -0.3 is 15.0 Å². The van der Waals surface area contributed by atoms with Crippen LogP contribution in [-0.2, 0) is 13.2 Å². The minimum atomic E-state index is -0.0586. The SMILES string of the molecule is CN(CCCNC(=O)c1ccc(OCc2cscn2)cc1)Cc1ccccc1. The third-order valence-corrected chi connectivity index (χ3v) is 4.92. The van der Waals surface area contributed by atoms with Crippen LogP contribution in [0.15, 0.2) is 65.5 Å². The number of benzene rings is 2. The molecule has 3 aromatic rings. The van der Waals surface area contributed by atoms with Gasteiger partial charge in [0.1, 0.15) is 12.4 Å². The lowest BCUT2D eigenvalue weighted by molar-refractivity contribution is 0.0952. The van der Waals surface area contributed by atoms with E-state index >= 15 is 0 Å². The van der Waals surface area contributed by atoms with E-state index < -0.39 is 0 Å². The first kappa shape index (κ1) is 20.0. The second-order valence-corrected chi connectivity index (χ2v) is 7.34. The Labute approximate surface area is 170 Å². The minimum Gasteiger partial charge on any atom is -0.487 e. The summed E-state index contributed by atoms with van der Waals surface area (Å²) in [6, 6.07) is 17.6. The number of ether oxygens (including phenoxy) is 1. The highest BCUT2D eigenvalue weighted by molar-refractivity contribution is 7.07. The van der Waals surface area contributed by atoms with Gasteiger partial charge in [0, 0.05) is 24.0 Å². The Hall–Kier alpha value is -2.70. The zero-order valence-corrected chi connectivity index (χ0v) is 16.8. The third kappa shape index (κ3) is 6.48. The summed E-state index contributed by atoms with van der Waals surface area (Å²) < 4.78 is 5.67. The molecule has 5 nitrogen and oxygen atoms in total. The Morgan fingerprint density at radius 1 is 1.14 bits per heavy atom. The van der Waals surface area contributed by atoms with Crippen LogP contribution in [0.4, 0.5) is 0 Å². The quantitative estimate of drug-likeness (QED) is 0.528. The summed E-state index contributed by atoms with van der Waals surface area (Å²) in [4.78, 5) is 18.7. The van der Waals surface area contributed by atoms with Gasteiger partial charge in [-0.15, -0.1) is 11.3 Å². The van der Waals surface area contributed by atoms with Gasteiger partial charge in [0.15, 0.2) is 0 Å². The van der Waals surface area contributed by atoms with E-state index in [0.717, 1.165) is 31.0 Å². The molecule has 0 fully saturated rings. The van der Waals surface area contributed by atoms with Crippen molar-refractivity contribution in [2.45, 2.75) is 19.6 Å². The summed E-state index contributed by atoms with van der Waals surface area (Å²) in [5, 5.41) is 4.93. The first-order valence-electron chi connectivity index (χ1n) is 9.31. The van der Waals surface area contributed by atoms with E-state index in [1.807, 2.05) is 23.6 Å². The van der Waals surface area contributed by atoms with E-state index in [9.17, 15) is 4.79 Å². The normalized spacial score (nSPS) is 10.8. The fourth-order valence-corrected chi connectivity index (χ4v) is 3.34. The van der Waals surface area contributed by atoms with E-state index in [-0.39, 0.29) is 5.91 Å². The summed E-state index contributed by atoms with van der Waals surface area (Å²) in [6.45, 7) is 2.93. The number of hydrogen-bond acceptors (Lipinski definition) is 5. The number of nitrogens with zero attached hydrogens (tertiary/aromatic N) is 2. The van der Waals surface area contributed by atoms with Crippen LogP contribution < -0.4 is 10.1 Å². The topological polar surface area (TPSA) is 54.5 Å². The molecule has 1 aromatic heterocycles. The molecule has 0 saturated carbocycles. The van der Waals surface area contributed by atoms with Crippen molar-refractivity contribution in [1.29, 1.82) is 0 Å². The highest BCUT2D eigenvalue weighted by Crippen LogP contribution is 2.14. The first-order valence-corrected chi connectivity index (χ1v) is 10.3. The Bertz CT molecular complexity index is 836. The monoisotopic (exact) mass is 395 g/mol. The first-order chi connectivity index (χ1) is 13.7. The van der Waals surface area contributed by atoms with Crippen molar-refractivity contribution in [2.24, 2.45) is 0 Å². The molecule has 1 heterocycles. The van der Waals surface area contributed by atoms with Crippen molar-refractivity contribution in [1.82, 2.24) is 15.2 Å². The molecule has 0 radical (unpaired) electrons. The minimum absolute atomic E-state index is 0.0586. The van der Waals surface area contributed by atoms with E-state index in [2.05, 4.69) is 46.5 Å². The lowest BCUT2D eigenvalue weighted by atomic mass is 10.2. The molecule has 0 aliphatic carbocycles. The number of thiazole rings is 1. The van der Waals surface area contributed by atoms with Gasteiger partial charge in [0.25, 0.3) is 5.91 Å². The smallest absolute Gasteiger partial charge is 0.251 e. The maximum Gasteiger partial charge on any atom is 0.251 e. The van der Waals surface area contributed by atoms with Gasteiger partial charge in [-0.1, -0.05) is 30.3 Å². The van der Waals surface area contributed by atoms with Crippen LogP contribution >= 0.6 is 11.3 Å². The number of aromatic nitrogens is 1. The lowest BCUT2D eigenvalue weighted by Gasteiger charge is -2.16. The molecular weight excluding hydrogens is 370 g/mol. The molecule has 2 aromatic carbocycles. The second-order valence-electron chi connectivity index (χ2n) is 6.63. The van der Waals surface area contributed by atoms with Crippen LogP contribution in [-0.4, -0.2) is 35.9 Å². The molecule has 0 unspecified atom stereocenters. The van der Waals surface area contributed by atoms with Gasteiger partial charge in [-0.05, 0) is 49.8 Å². The van der Waals surface area contributed by atoms with Crippen LogP contribution in [0.3, 0.4) is 0 Å². The van der Waals surface area contributed by atoms with Crippen molar-refractivity contribution in [3.8, 4) is 5.75 Å². The average molecular weight is 396 g/mol. The Morgan fingerprint density at radius 2 is 1.93 bits per heavy atom. The molecule has 0 aliphatic rings. The number of nitrogens with one attached hydrogen (secondary N) is 1. The van der Waals surface area contributed by atoms with Crippen molar-refractivity contribution in [3.63, 3.8) is 0 Å². The van der Waals surface area contributed by atoms with Crippen LogP contribution in [0.25, 0.3) is 0 Å². The Kier molecular flexibility index (Phi) is 7.58. The number of carbonyl (C=O) groups excluding carboxylic acids is 1. The Morgan fingerprint density at radius 3 is 2.64 bits per heavy atom. The van der Waals surface area contributed by atoms with Crippen LogP contribution in [0.1, 0.15) is 28.0 Å². The molecule has 0 bridgehead atoms. The van der Waals surface area contributed by atoms with Gasteiger partial charge in [0.05, 0.1) is 11.2 Å². The fraction of sp³-hybridized carbons (Fsp3) is 0.273. The average Bonchev–Trinajstić information content (AvgIpc) is 3.24. The number of amides is 1. The van der Waals surface area contributed by atoms with Gasteiger partial charge in [-0.3, -0.25) is 4.79 Å². The second kappa shape index (κ2) is 10.6. The molecule has 0 spiro atoms. The maximum absolute atomic E-state index is 12.3. The maximum atomic E-state index is 12.3. The van der Waals surface area contributed by atoms with Crippen molar-refractivity contribution in [3.05, 3.63) is 82.3 Å². The predicted molar refractivity (Wildman–Crippen MR) is 113 cm³/mol. The molecule has 1 amide bonds. The molecule has 3 rings (SSSR count). The zero-order chi connectivity index (χ0) is 19.6. The summed E-state index contributed by atoms with van der Waals surface area (Å²) in [5.74, 6) is 0.670. The van der Waals surface area contributed by atoms with E-state index in [0.29, 0.717) is 18.7 Å². The van der Waals surface area contributed by atoms with Gasteiger partial charge >= 0.3 is 0 Å². The fourth-order valence-electron chi connectivity index (χ4n) is 2.80. The highest BCUT2D eigenvalue weighted by atomic mass is 32.1. The van der Waals surface area contributed by atoms with Crippen LogP contribution in [0, 0.1) is 0 Å². The molecule has 0 saturated heterocycles. The van der Waals surface area contributed by atoms with Crippen molar-refractivity contribution in [2.75, 3.05) is 20.1 Å². The van der Waals surface area contributed by atoms with Crippen molar-refractivity contribution < 1.29 is 9.53 Å². The largest absolute Gasteiger partial charge is 0.487 e. The van der Waals surface area contributed by atoms with E-state index in [4.69, 9.17) is 4.74 Å². The predicted octanol–water partition coefficient (Wildman–Crippen LogP) is 3.97. The van der Waals surface area contributed by atoms with Crippen molar-refractivity contribution >= 4 is 17.2 Å². The van der Waals surface area contributed by atoms with Gasteiger partial charge in [0.2, 0.25) is 0 Å². The summed E-state index contributed by atoms with van der Waals surface area (Å²) in [6.07, 6.45) is 0.907. The van der Waals surface area contributed by atoms with Gasteiger partial charge in [-0.2, -0.15) is 0 Å². The standard InChI is InChI=1S/C22H25N3O2S/c1-25(14-18-6-3-2-4-7-18)13-5-12-23-22(26)19-8-10-21(11-9-19)27-15-20-16-28-17-24-20/h2-4,6-11,16-17H,5,12-15H2,1H3,(H,23,26). The Balaban J connectivity index is 1.35. The summed E-state index contributed by atoms with van der Waals surface area (Å²) in [7, 11) is 2.10. The highest BCUT2D eigenvalue weighted by Gasteiger charge is 2.06. The summed E-state index contributed by atoms with van der Waals surface area (Å²) in [5.41, 5.74) is 4.62. The number of hydrogen-bond donors (Lipinski definition) is 1. The number of rotatable bonds is 10. The molecule has 6 heteroatoms. The van der Waals surface area contributed by atoms with E-state index in [1.54, 1.807) is 29.0 Å². The molecule has 0 aliphatic heterocycles. The van der Waals surface area contributed by atoms with Crippen LogP contribution in [0.5, 0.6) is 5.75 Å². The molecule has 1 N–H and O–H groups in total. The lowest BCUT2D eigenvalue weighted by Crippen LogP contribution is -2.28. The third-order valence-electron chi connectivity index (χ3n) is 4.28. The molecule has 0 atom stereocenters. The van der Waals surface area contributed by atoms with Crippen LogP contribution in [0.2, 0.25) is 0 Å². The molecular formula is C22H25N3O2S. The van der Waals surface area contributed by atoms with E-state index in [1.165, 1.54) is 5.56 Å². The summed E-state index contributed by atoms with van der Waals surface area (Å²) >= 11 is 1.55.